The average Bonchev–Trinajstić information content (AvgIpc) is 3.34. The molecule has 0 radical (unpaired) electrons. The molecule has 3 aromatic rings. The number of methoxy groups -OCH3 is 1. The summed E-state index contributed by atoms with van der Waals surface area (Å²) in [5, 5.41) is 3.08. The Bertz CT molecular complexity index is 1290. The van der Waals surface area contributed by atoms with Gasteiger partial charge >= 0.3 is 0 Å². The summed E-state index contributed by atoms with van der Waals surface area (Å²) < 4.78 is 10.9. The molecule has 0 bridgehead atoms. The first-order valence-electron chi connectivity index (χ1n) is 10.1. The highest BCUT2D eigenvalue weighted by Crippen LogP contribution is 2.34. The number of imide groups is 1. The van der Waals surface area contributed by atoms with E-state index in [4.69, 9.17) is 20.8 Å². The van der Waals surface area contributed by atoms with E-state index in [1.807, 2.05) is 31.2 Å². The van der Waals surface area contributed by atoms with Gasteiger partial charge in [0.05, 0.1) is 17.0 Å². The zero-order valence-electron chi connectivity index (χ0n) is 18.2. The van der Waals surface area contributed by atoms with Gasteiger partial charge in [0.25, 0.3) is 11.1 Å². The number of benzene rings is 2. The predicted molar refractivity (Wildman–Crippen MR) is 133 cm³/mol. The number of rotatable bonds is 7. The van der Waals surface area contributed by atoms with E-state index in [2.05, 4.69) is 5.32 Å². The summed E-state index contributed by atoms with van der Waals surface area (Å²) in [6.45, 7) is 1.60. The Labute approximate surface area is 209 Å². The zero-order valence-corrected chi connectivity index (χ0v) is 20.6. The number of carbonyl (C=O) groups is 3. The maximum atomic E-state index is 12.7. The van der Waals surface area contributed by atoms with Crippen LogP contribution in [0.4, 0.5) is 10.5 Å². The van der Waals surface area contributed by atoms with Crippen LogP contribution in [0.3, 0.4) is 0 Å². The fourth-order valence-electron chi connectivity index (χ4n) is 3.04. The quantitative estimate of drug-likeness (QED) is 0.382. The molecule has 0 aliphatic carbocycles. The number of hydrogen-bond donors (Lipinski definition) is 1. The molecule has 1 aliphatic heterocycles. The highest BCUT2D eigenvalue weighted by atomic mass is 35.5. The lowest BCUT2D eigenvalue weighted by atomic mass is 10.2. The predicted octanol–water partition coefficient (Wildman–Crippen LogP) is 6.08. The van der Waals surface area contributed by atoms with Crippen molar-refractivity contribution in [2.24, 2.45) is 0 Å². The van der Waals surface area contributed by atoms with E-state index in [1.165, 1.54) is 36.6 Å². The number of thioether (sulfide) groups is 1. The van der Waals surface area contributed by atoms with Gasteiger partial charge in [-0.25, -0.2) is 0 Å². The van der Waals surface area contributed by atoms with Gasteiger partial charge in [-0.2, -0.15) is 0 Å². The molecule has 10 heteroatoms. The molecular formula is C24H19ClN2O5S2. The molecule has 0 atom stereocenters. The Morgan fingerprint density at radius 1 is 1.18 bits per heavy atom. The maximum absolute atomic E-state index is 12.7. The third-order valence-electron chi connectivity index (χ3n) is 4.73. The summed E-state index contributed by atoms with van der Waals surface area (Å²) in [6, 6.07) is 16.3. The largest absolute Gasteiger partial charge is 0.495 e. The molecular weight excluding hydrogens is 496 g/mol. The van der Waals surface area contributed by atoms with Crippen molar-refractivity contribution in [3.05, 3.63) is 75.8 Å². The topological polar surface area (TPSA) is 88.8 Å². The summed E-state index contributed by atoms with van der Waals surface area (Å²) in [5.74, 6) is -0.173. The molecule has 2 heterocycles. The van der Waals surface area contributed by atoms with E-state index in [-0.39, 0.29) is 4.91 Å². The minimum Gasteiger partial charge on any atom is -0.495 e. The Kier molecular flexibility index (Phi) is 7.35. The van der Waals surface area contributed by atoms with Crippen molar-refractivity contribution in [2.75, 3.05) is 19.0 Å². The van der Waals surface area contributed by atoms with Crippen LogP contribution in [0.2, 0.25) is 5.02 Å². The number of anilines is 1. The highest BCUT2D eigenvalue weighted by Gasteiger charge is 2.36. The van der Waals surface area contributed by atoms with Gasteiger partial charge < -0.3 is 14.5 Å². The maximum Gasteiger partial charge on any atom is 0.294 e. The fourth-order valence-corrected chi connectivity index (χ4v) is 4.90. The SMILES string of the molecule is COc1ccc(NC(=O)CN2C(=O)S/C(=C\c3ccc(Sc4ccc(C)cc4)o3)C2=O)cc1Cl. The summed E-state index contributed by atoms with van der Waals surface area (Å²) >= 11 is 8.28. The number of furan rings is 1. The van der Waals surface area contributed by atoms with Gasteiger partial charge in [-0.15, -0.1) is 0 Å². The van der Waals surface area contributed by atoms with Crippen LogP contribution < -0.4 is 10.1 Å². The minimum absolute atomic E-state index is 0.187. The van der Waals surface area contributed by atoms with Crippen LogP contribution in [0.25, 0.3) is 6.08 Å². The van der Waals surface area contributed by atoms with Crippen LogP contribution >= 0.6 is 35.1 Å². The third-order valence-corrected chi connectivity index (χ3v) is 6.86. The number of nitrogens with zero attached hydrogens (tertiary/aromatic N) is 1. The van der Waals surface area contributed by atoms with Gasteiger partial charge in [0.2, 0.25) is 5.91 Å². The zero-order chi connectivity index (χ0) is 24.2. The first-order valence-corrected chi connectivity index (χ1v) is 12.1. The van der Waals surface area contributed by atoms with Gasteiger partial charge in [0, 0.05) is 16.7 Å². The van der Waals surface area contributed by atoms with Crippen molar-refractivity contribution >= 4 is 63.9 Å². The standard InChI is InChI=1S/C24H19ClN2O5S2/c1-14-3-7-17(8-4-14)33-22-10-6-16(32-22)12-20-23(29)27(24(30)34-20)13-21(28)26-15-5-9-19(31-2)18(25)11-15/h3-12H,13H2,1-2H3,(H,26,28)/b20-12-. The lowest BCUT2D eigenvalue weighted by Crippen LogP contribution is -2.36. The molecule has 1 fully saturated rings. The normalized spacial score (nSPS) is 14.7. The Morgan fingerprint density at radius 3 is 2.65 bits per heavy atom. The highest BCUT2D eigenvalue weighted by molar-refractivity contribution is 8.18. The second-order valence-electron chi connectivity index (χ2n) is 7.24. The van der Waals surface area contributed by atoms with E-state index in [1.54, 1.807) is 24.3 Å². The van der Waals surface area contributed by atoms with Crippen molar-refractivity contribution in [1.29, 1.82) is 0 Å². The van der Waals surface area contributed by atoms with E-state index < -0.39 is 23.6 Å². The molecule has 1 N–H and O–H groups in total. The molecule has 174 valence electrons. The molecule has 1 aliphatic rings. The average molecular weight is 515 g/mol. The van der Waals surface area contributed by atoms with Gasteiger partial charge in [0.1, 0.15) is 18.1 Å². The van der Waals surface area contributed by atoms with Crippen LogP contribution in [0.15, 0.2) is 73.9 Å². The Balaban J connectivity index is 1.39. The van der Waals surface area contributed by atoms with E-state index >= 15 is 0 Å². The van der Waals surface area contributed by atoms with Crippen molar-refractivity contribution < 1.29 is 23.5 Å². The molecule has 0 unspecified atom stereocenters. The van der Waals surface area contributed by atoms with Crippen molar-refractivity contribution in [3.63, 3.8) is 0 Å². The van der Waals surface area contributed by atoms with Crippen LogP contribution in [0.5, 0.6) is 5.75 Å². The summed E-state index contributed by atoms with van der Waals surface area (Å²) in [7, 11) is 1.49. The summed E-state index contributed by atoms with van der Waals surface area (Å²) in [4.78, 5) is 39.6. The van der Waals surface area contributed by atoms with Crippen LogP contribution in [0, 0.1) is 6.92 Å². The molecule has 1 saturated heterocycles. The first kappa shape index (κ1) is 24.0. The number of aryl methyl sites for hydroxylation is 1. The number of nitrogens with one attached hydrogen (secondary N) is 1. The van der Waals surface area contributed by atoms with Crippen LogP contribution in [-0.2, 0) is 9.59 Å². The second kappa shape index (κ2) is 10.4. The monoisotopic (exact) mass is 514 g/mol. The molecule has 34 heavy (non-hydrogen) atoms. The second-order valence-corrected chi connectivity index (χ2v) is 9.72. The third kappa shape index (κ3) is 5.67. The smallest absolute Gasteiger partial charge is 0.294 e. The van der Waals surface area contributed by atoms with Crippen molar-refractivity contribution in [2.45, 2.75) is 16.9 Å². The van der Waals surface area contributed by atoms with E-state index in [0.717, 1.165) is 21.6 Å². The first-order chi connectivity index (χ1) is 16.3. The molecule has 2 aromatic carbocycles. The van der Waals surface area contributed by atoms with Crippen molar-refractivity contribution in [1.82, 2.24) is 4.90 Å². The summed E-state index contributed by atoms with van der Waals surface area (Å²) in [5.41, 5.74) is 1.59. The molecule has 0 saturated carbocycles. The van der Waals surface area contributed by atoms with Crippen LogP contribution in [-0.4, -0.2) is 35.6 Å². The molecule has 0 spiro atoms. The van der Waals surface area contributed by atoms with Gasteiger partial charge in [-0.1, -0.05) is 41.1 Å². The molecule has 7 nitrogen and oxygen atoms in total. The number of ether oxygens (including phenoxy) is 1. The molecule has 4 rings (SSSR count). The Hall–Kier alpha value is -3.14. The molecule has 3 amide bonds. The number of carbonyl (C=O) groups excluding carboxylic acids is 3. The number of halogens is 1. The van der Waals surface area contributed by atoms with E-state index in [9.17, 15) is 14.4 Å². The summed E-state index contributed by atoms with van der Waals surface area (Å²) in [6.07, 6.45) is 1.51. The fraction of sp³-hybridized carbons (Fsp3) is 0.125. The minimum atomic E-state index is -0.554. The lowest BCUT2D eigenvalue weighted by molar-refractivity contribution is -0.127. The van der Waals surface area contributed by atoms with Crippen molar-refractivity contribution in [3.8, 4) is 5.75 Å². The van der Waals surface area contributed by atoms with Gasteiger partial charge in [0.15, 0.2) is 5.09 Å². The lowest BCUT2D eigenvalue weighted by Gasteiger charge is -2.13. The molecule has 1 aromatic heterocycles. The Morgan fingerprint density at radius 2 is 1.94 bits per heavy atom. The van der Waals surface area contributed by atoms with Crippen LogP contribution in [0.1, 0.15) is 11.3 Å². The van der Waals surface area contributed by atoms with Gasteiger partial charge in [-0.3, -0.25) is 19.3 Å². The van der Waals surface area contributed by atoms with E-state index in [0.29, 0.717) is 27.3 Å². The van der Waals surface area contributed by atoms with Gasteiger partial charge in [-0.05, 0) is 61.2 Å². The number of amides is 3. The number of hydrogen-bond acceptors (Lipinski definition) is 7.